The zero-order valence-corrected chi connectivity index (χ0v) is 4.46. The Labute approximate surface area is 38.4 Å². The Bertz CT molecular complexity index is 24.9. The van der Waals surface area contributed by atoms with Crippen LogP contribution < -0.4 is 0 Å². The Morgan fingerprint density at radius 3 is 1.67 bits per heavy atom. The highest BCUT2D eigenvalue weighted by molar-refractivity contribution is 4.83. The molecule has 0 nitrogen and oxygen atoms in total. The highest BCUT2D eigenvalue weighted by Crippen LogP contribution is 2.04. The van der Waals surface area contributed by atoms with Crippen molar-refractivity contribution in [3.05, 3.63) is 5.92 Å². The monoisotopic (exact) mass is 89.1 g/mol. The van der Waals surface area contributed by atoms with Gasteiger partial charge in [0, 0.05) is 5.92 Å². The lowest BCUT2D eigenvalue weighted by atomic mass is 10.1. The van der Waals surface area contributed by atoms with Gasteiger partial charge in [-0.2, -0.15) is 0 Å². The van der Waals surface area contributed by atoms with Gasteiger partial charge in [0.15, 0.2) is 0 Å². The quantitative estimate of drug-likeness (QED) is 0.460. The van der Waals surface area contributed by atoms with E-state index in [1.165, 1.54) is 6.92 Å². The largest absolute Gasteiger partial charge is 0.247 e. The van der Waals surface area contributed by atoms with Gasteiger partial charge in [-0.1, -0.05) is 13.8 Å². The van der Waals surface area contributed by atoms with Crippen LogP contribution >= 0.6 is 0 Å². The molecule has 0 rings (SSSR count). The second-order valence-corrected chi connectivity index (χ2v) is 1.69. The van der Waals surface area contributed by atoms with Crippen molar-refractivity contribution in [2.75, 3.05) is 0 Å². The van der Waals surface area contributed by atoms with E-state index in [0.29, 0.717) is 0 Å². The fraction of sp³-hybridized carbons (Fsp3) is 0.800. The van der Waals surface area contributed by atoms with Gasteiger partial charge in [-0.15, -0.1) is 0 Å². The van der Waals surface area contributed by atoms with E-state index in [2.05, 4.69) is 0 Å². The summed E-state index contributed by atoms with van der Waals surface area (Å²) in [5, 5.41) is 0. The Morgan fingerprint density at radius 2 is 1.67 bits per heavy atom. The first-order valence-corrected chi connectivity index (χ1v) is 2.08. The van der Waals surface area contributed by atoms with Crippen LogP contribution in [0.1, 0.15) is 20.8 Å². The number of alkyl halides is 1. The third-order valence-corrected chi connectivity index (χ3v) is 0.796. The van der Waals surface area contributed by atoms with Gasteiger partial charge in [0.1, 0.15) is 6.17 Å². The van der Waals surface area contributed by atoms with E-state index < -0.39 is 6.17 Å². The molecule has 0 saturated heterocycles. The molecule has 0 saturated carbocycles. The predicted octanol–water partition coefficient (Wildman–Crippen LogP) is 1.96. The fourth-order valence-electron chi connectivity index (χ4n) is 0. The highest BCUT2D eigenvalue weighted by atomic mass is 19.1. The van der Waals surface area contributed by atoms with Gasteiger partial charge in [-0.3, -0.25) is 0 Å². The van der Waals surface area contributed by atoms with Crippen molar-refractivity contribution in [1.29, 1.82) is 0 Å². The molecule has 0 N–H and O–H groups in total. The van der Waals surface area contributed by atoms with E-state index >= 15 is 0 Å². The Morgan fingerprint density at radius 1 is 1.50 bits per heavy atom. The van der Waals surface area contributed by atoms with Crippen LogP contribution in [0.2, 0.25) is 0 Å². The molecule has 0 aliphatic rings. The molecular weight excluding hydrogens is 79.1 g/mol. The molecule has 0 amide bonds. The molecule has 37 valence electrons. The van der Waals surface area contributed by atoms with Gasteiger partial charge in [0.25, 0.3) is 0 Å². The standard InChI is InChI=1S/C5H10F/c1-4(2)5(3)6/h5H,1-3H3. The van der Waals surface area contributed by atoms with Crippen LogP contribution in [0.3, 0.4) is 0 Å². The molecule has 0 aromatic rings. The Balaban J connectivity index is 2.99. The number of rotatable bonds is 1. The minimum Gasteiger partial charge on any atom is -0.247 e. The van der Waals surface area contributed by atoms with E-state index in [-0.39, 0.29) is 0 Å². The molecule has 1 atom stereocenters. The first-order chi connectivity index (χ1) is 2.64. The van der Waals surface area contributed by atoms with Gasteiger partial charge in [-0.05, 0) is 6.92 Å². The first kappa shape index (κ1) is 5.93. The second kappa shape index (κ2) is 2.17. The van der Waals surface area contributed by atoms with Crippen LogP contribution in [0.15, 0.2) is 0 Å². The predicted molar refractivity (Wildman–Crippen MR) is 25.2 cm³/mol. The maximum Gasteiger partial charge on any atom is 0.103 e. The molecule has 0 aromatic carbocycles. The van der Waals surface area contributed by atoms with Crippen molar-refractivity contribution in [3.63, 3.8) is 0 Å². The maximum absolute atomic E-state index is 11.8. The van der Waals surface area contributed by atoms with Gasteiger partial charge in [0.2, 0.25) is 0 Å². The van der Waals surface area contributed by atoms with Crippen molar-refractivity contribution < 1.29 is 4.39 Å². The molecule has 1 radical (unpaired) electrons. The summed E-state index contributed by atoms with van der Waals surface area (Å²) in [6.45, 7) is 5.10. The molecule has 0 aliphatic carbocycles. The van der Waals surface area contributed by atoms with Crippen LogP contribution in [0, 0.1) is 5.92 Å². The molecular formula is C5H10F. The van der Waals surface area contributed by atoms with Crippen LogP contribution in [0.4, 0.5) is 4.39 Å². The average molecular weight is 89.1 g/mol. The summed E-state index contributed by atoms with van der Waals surface area (Å²) in [6.07, 6.45) is -0.731. The summed E-state index contributed by atoms with van der Waals surface area (Å²) in [4.78, 5) is 0. The second-order valence-electron chi connectivity index (χ2n) is 1.69. The zero-order chi connectivity index (χ0) is 5.15. The molecule has 0 aliphatic heterocycles. The molecule has 1 unspecified atom stereocenters. The minimum atomic E-state index is -0.731. The van der Waals surface area contributed by atoms with Crippen LogP contribution in [0.25, 0.3) is 0 Å². The molecule has 0 heterocycles. The molecule has 0 aromatic heterocycles. The Kier molecular flexibility index (Phi) is 2.14. The van der Waals surface area contributed by atoms with Crippen molar-refractivity contribution in [1.82, 2.24) is 0 Å². The maximum atomic E-state index is 11.8. The van der Waals surface area contributed by atoms with E-state index in [9.17, 15) is 4.39 Å². The lowest BCUT2D eigenvalue weighted by Gasteiger charge is -2.00. The number of hydrogen-bond acceptors (Lipinski definition) is 0. The van der Waals surface area contributed by atoms with Gasteiger partial charge in [-0.25, -0.2) is 4.39 Å². The first-order valence-electron chi connectivity index (χ1n) is 2.08. The summed E-state index contributed by atoms with van der Waals surface area (Å²) in [6, 6.07) is 0. The molecule has 6 heavy (non-hydrogen) atoms. The van der Waals surface area contributed by atoms with E-state index in [1.54, 1.807) is 13.8 Å². The SMILES string of the molecule is C[C](C)C(C)F. The topological polar surface area (TPSA) is 0 Å². The van der Waals surface area contributed by atoms with Crippen molar-refractivity contribution >= 4 is 0 Å². The summed E-state index contributed by atoms with van der Waals surface area (Å²) in [7, 11) is 0. The summed E-state index contributed by atoms with van der Waals surface area (Å²) >= 11 is 0. The van der Waals surface area contributed by atoms with Gasteiger partial charge in [0.05, 0.1) is 0 Å². The third kappa shape index (κ3) is 2.18. The summed E-state index contributed by atoms with van der Waals surface area (Å²) < 4.78 is 11.8. The van der Waals surface area contributed by atoms with Crippen LogP contribution in [-0.4, -0.2) is 6.17 Å². The molecule has 0 spiro atoms. The smallest absolute Gasteiger partial charge is 0.103 e. The fourth-order valence-corrected chi connectivity index (χ4v) is 0. The highest BCUT2D eigenvalue weighted by Gasteiger charge is 2.01. The summed E-state index contributed by atoms with van der Waals surface area (Å²) in [5.41, 5.74) is 0. The average Bonchev–Trinajstić information content (AvgIpc) is 1.36. The minimum absolute atomic E-state index is 0.731. The lowest BCUT2D eigenvalue weighted by molar-refractivity contribution is 0.377. The molecule has 0 bridgehead atoms. The molecule has 1 heteroatoms. The number of hydrogen-bond donors (Lipinski definition) is 0. The summed E-state index contributed by atoms with van der Waals surface area (Å²) in [5.74, 6) is 0.843. The molecule has 0 fully saturated rings. The van der Waals surface area contributed by atoms with Crippen molar-refractivity contribution in [3.8, 4) is 0 Å². The van der Waals surface area contributed by atoms with Gasteiger partial charge < -0.3 is 0 Å². The van der Waals surface area contributed by atoms with E-state index in [1.807, 2.05) is 0 Å². The zero-order valence-electron chi connectivity index (χ0n) is 4.46. The van der Waals surface area contributed by atoms with Gasteiger partial charge >= 0.3 is 0 Å². The van der Waals surface area contributed by atoms with Crippen LogP contribution in [-0.2, 0) is 0 Å². The Hall–Kier alpha value is -0.0700. The van der Waals surface area contributed by atoms with E-state index in [4.69, 9.17) is 0 Å². The van der Waals surface area contributed by atoms with E-state index in [0.717, 1.165) is 5.92 Å². The third-order valence-electron chi connectivity index (χ3n) is 0.796. The number of halogens is 1. The van der Waals surface area contributed by atoms with Crippen LogP contribution in [0.5, 0.6) is 0 Å². The van der Waals surface area contributed by atoms with Crippen molar-refractivity contribution in [2.45, 2.75) is 26.9 Å². The van der Waals surface area contributed by atoms with Crippen molar-refractivity contribution in [2.24, 2.45) is 0 Å². The lowest BCUT2D eigenvalue weighted by Crippen LogP contribution is -1.98. The normalized spacial score (nSPS) is 15.5.